The van der Waals surface area contributed by atoms with Crippen molar-refractivity contribution >= 4 is 11.3 Å². The molecule has 0 saturated carbocycles. The van der Waals surface area contributed by atoms with Crippen LogP contribution in [0.1, 0.15) is 21.9 Å². The number of nitriles is 1. The molecule has 100 valence electrons. The van der Waals surface area contributed by atoms with E-state index in [1.54, 1.807) is 17.4 Å². The maximum atomic E-state index is 9.70. The summed E-state index contributed by atoms with van der Waals surface area (Å²) < 4.78 is 5.50. The van der Waals surface area contributed by atoms with Crippen molar-refractivity contribution in [3.63, 3.8) is 0 Å². The van der Waals surface area contributed by atoms with E-state index in [9.17, 15) is 10.4 Å². The quantitative estimate of drug-likeness (QED) is 0.843. The van der Waals surface area contributed by atoms with Crippen molar-refractivity contribution in [2.75, 3.05) is 0 Å². The van der Waals surface area contributed by atoms with Gasteiger partial charge in [0.1, 0.15) is 23.1 Å². The molecule has 0 fully saturated rings. The molecule has 0 bridgehead atoms. The number of ether oxygens (including phenoxy) is 1. The summed E-state index contributed by atoms with van der Waals surface area (Å²) in [7, 11) is 0. The van der Waals surface area contributed by atoms with E-state index in [1.807, 2.05) is 24.4 Å². The second-order valence-corrected chi connectivity index (χ2v) is 5.59. The number of nitrogens with zero attached hydrogens (tertiary/aromatic N) is 1. The molecule has 1 atom stereocenters. The largest absolute Gasteiger partial charge is 0.508 e. The Balaban J connectivity index is 2.29. The number of aromatic hydroxyl groups is 1. The van der Waals surface area contributed by atoms with Gasteiger partial charge in [0.05, 0.1) is 5.92 Å². The van der Waals surface area contributed by atoms with Crippen LogP contribution in [0.4, 0.5) is 0 Å². The molecule has 3 N–H and O–H groups in total. The van der Waals surface area contributed by atoms with E-state index in [1.165, 1.54) is 6.07 Å². The topological polar surface area (TPSA) is 79.3 Å². The molecule has 2 heterocycles. The lowest BCUT2D eigenvalue weighted by Gasteiger charge is -2.27. The van der Waals surface area contributed by atoms with E-state index >= 15 is 0 Å². The Morgan fingerprint density at radius 3 is 2.90 bits per heavy atom. The molecule has 3 rings (SSSR count). The van der Waals surface area contributed by atoms with Gasteiger partial charge in [-0.1, -0.05) is 6.07 Å². The molecule has 1 aliphatic rings. The van der Waals surface area contributed by atoms with Crippen LogP contribution in [0.15, 0.2) is 41.1 Å². The molecule has 0 saturated heterocycles. The van der Waals surface area contributed by atoms with Gasteiger partial charge in [-0.25, -0.2) is 0 Å². The smallest absolute Gasteiger partial charge is 0.205 e. The van der Waals surface area contributed by atoms with Gasteiger partial charge in [0.25, 0.3) is 0 Å². The van der Waals surface area contributed by atoms with E-state index in [-0.39, 0.29) is 17.6 Å². The van der Waals surface area contributed by atoms with Crippen LogP contribution in [0.3, 0.4) is 0 Å². The minimum Gasteiger partial charge on any atom is -0.508 e. The first-order valence-corrected chi connectivity index (χ1v) is 6.94. The molecule has 1 unspecified atom stereocenters. The van der Waals surface area contributed by atoms with E-state index in [0.29, 0.717) is 11.3 Å². The van der Waals surface area contributed by atoms with Crippen LogP contribution >= 0.6 is 11.3 Å². The van der Waals surface area contributed by atoms with E-state index < -0.39 is 0 Å². The molecule has 4 nitrogen and oxygen atoms in total. The first kappa shape index (κ1) is 12.6. The maximum absolute atomic E-state index is 9.70. The van der Waals surface area contributed by atoms with Crippen LogP contribution in [0.2, 0.25) is 0 Å². The van der Waals surface area contributed by atoms with Crippen molar-refractivity contribution in [2.45, 2.75) is 12.8 Å². The number of benzene rings is 1. The minimum atomic E-state index is -0.232. The van der Waals surface area contributed by atoms with Crippen molar-refractivity contribution < 1.29 is 9.84 Å². The van der Waals surface area contributed by atoms with Crippen molar-refractivity contribution in [3.8, 4) is 17.6 Å². The fraction of sp³-hybridized carbons (Fsp3) is 0.133. The van der Waals surface area contributed by atoms with E-state index in [0.717, 1.165) is 16.0 Å². The lowest BCUT2D eigenvalue weighted by Crippen LogP contribution is -2.21. The van der Waals surface area contributed by atoms with Crippen LogP contribution in [-0.4, -0.2) is 5.11 Å². The first-order valence-electron chi connectivity index (χ1n) is 6.06. The summed E-state index contributed by atoms with van der Waals surface area (Å²) in [4.78, 5) is 1.03. The Bertz CT molecular complexity index is 742. The molecule has 1 aromatic heterocycles. The number of hydrogen-bond acceptors (Lipinski definition) is 5. The number of nitrogens with two attached hydrogens (primary N) is 1. The van der Waals surface area contributed by atoms with E-state index in [4.69, 9.17) is 10.5 Å². The summed E-state index contributed by atoms with van der Waals surface area (Å²) in [6, 6.07) is 9.26. The summed E-state index contributed by atoms with van der Waals surface area (Å²) in [5.41, 5.74) is 8.03. The summed E-state index contributed by atoms with van der Waals surface area (Å²) >= 11 is 1.57. The molecule has 2 aromatic rings. The highest BCUT2D eigenvalue weighted by atomic mass is 32.1. The van der Waals surface area contributed by atoms with Crippen LogP contribution in [-0.2, 0) is 0 Å². The lowest BCUT2D eigenvalue weighted by atomic mass is 9.85. The van der Waals surface area contributed by atoms with Crippen molar-refractivity contribution in [3.05, 3.63) is 57.1 Å². The Hall–Kier alpha value is -2.45. The first-order chi connectivity index (χ1) is 9.61. The summed E-state index contributed by atoms with van der Waals surface area (Å²) in [5, 5.41) is 21.0. The SMILES string of the molecule is Cc1cc(O)cc2c1C(c1cccs1)C(C#N)=C(N)O2. The molecule has 0 amide bonds. The number of phenols is 1. The zero-order valence-electron chi connectivity index (χ0n) is 10.8. The Labute approximate surface area is 120 Å². The number of fused-ring (bicyclic) bond motifs is 1. The third kappa shape index (κ3) is 1.82. The van der Waals surface area contributed by atoms with Crippen molar-refractivity contribution in [1.29, 1.82) is 5.26 Å². The predicted molar refractivity (Wildman–Crippen MR) is 76.5 cm³/mol. The Kier molecular flexibility index (Phi) is 2.88. The lowest BCUT2D eigenvalue weighted by molar-refractivity contribution is 0.388. The third-order valence-electron chi connectivity index (χ3n) is 3.34. The average molecular weight is 284 g/mol. The molecule has 0 spiro atoms. The second-order valence-electron chi connectivity index (χ2n) is 4.61. The van der Waals surface area contributed by atoms with Gasteiger partial charge < -0.3 is 15.6 Å². The van der Waals surface area contributed by atoms with Crippen molar-refractivity contribution in [1.82, 2.24) is 0 Å². The molecule has 0 aliphatic carbocycles. The van der Waals surface area contributed by atoms with Gasteiger partial charge in [-0.05, 0) is 30.0 Å². The summed E-state index contributed by atoms with van der Waals surface area (Å²) in [6.45, 7) is 1.89. The maximum Gasteiger partial charge on any atom is 0.205 e. The number of allylic oxidation sites excluding steroid dienone is 1. The number of rotatable bonds is 1. The van der Waals surface area contributed by atoms with Gasteiger partial charge in [0.15, 0.2) is 0 Å². The molecular weight excluding hydrogens is 272 g/mol. The van der Waals surface area contributed by atoms with Gasteiger partial charge in [-0.3, -0.25) is 0 Å². The van der Waals surface area contributed by atoms with Crippen LogP contribution in [0.5, 0.6) is 11.5 Å². The zero-order valence-corrected chi connectivity index (χ0v) is 11.6. The zero-order chi connectivity index (χ0) is 14.3. The van der Waals surface area contributed by atoms with Gasteiger partial charge in [0.2, 0.25) is 5.88 Å². The monoisotopic (exact) mass is 284 g/mol. The van der Waals surface area contributed by atoms with Crippen LogP contribution in [0, 0.1) is 18.3 Å². The summed E-state index contributed by atoms with van der Waals surface area (Å²) in [6.07, 6.45) is 0. The average Bonchev–Trinajstić information content (AvgIpc) is 2.90. The number of phenolic OH excluding ortho intramolecular Hbond substituents is 1. The van der Waals surface area contributed by atoms with Crippen LogP contribution < -0.4 is 10.5 Å². The molecule has 1 aromatic carbocycles. The third-order valence-corrected chi connectivity index (χ3v) is 4.28. The Morgan fingerprint density at radius 1 is 1.45 bits per heavy atom. The number of thiophene rings is 1. The second kappa shape index (κ2) is 4.58. The van der Waals surface area contributed by atoms with Gasteiger partial charge >= 0.3 is 0 Å². The van der Waals surface area contributed by atoms with E-state index in [2.05, 4.69) is 6.07 Å². The highest BCUT2D eigenvalue weighted by Crippen LogP contribution is 2.46. The van der Waals surface area contributed by atoms with Gasteiger partial charge in [0, 0.05) is 16.5 Å². The predicted octanol–water partition coefficient (Wildman–Crippen LogP) is 2.98. The molecule has 0 radical (unpaired) electrons. The number of aryl methyl sites for hydroxylation is 1. The van der Waals surface area contributed by atoms with Crippen LogP contribution in [0.25, 0.3) is 0 Å². The number of hydrogen-bond donors (Lipinski definition) is 2. The summed E-state index contributed by atoms with van der Waals surface area (Å²) in [5.74, 6) is 0.504. The fourth-order valence-electron chi connectivity index (χ4n) is 2.52. The highest BCUT2D eigenvalue weighted by molar-refractivity contribution is 7.10. The van der Waals surface area contributed by atoms with Gasteiger partial charge in [-0.2, -0.15) is 5.26 Å². The Morgan fingerprint density at radius 2 is 2.25 bits per heavy atom. The standard InChI is InChI=1S/C15H12N2O2S/c1-8-5-9(18)6-11-13(8)14(12-3-2-4-20-12)10(7-16)15(17)19-11/h2-6,14,18H,17H2,1H3. The molecule has 20 heavy (non-hydrogen) atoms. The fourth-order valence-corrected chi connectivity index (χ4v) is 3.36. The molecule has 1 aliphatic heterocycles. The normalized spacial score (nSPS) is 17.3. The minimum absolute atomic E-state index is 0.100. The van der Waals surface area contributed by atoms with Gasteiger partial charge in [-0.15, -0.1) is 11.3 Å². The molecular formula is C15H12N2O2S. The molecule has 5 heteroatoms. The highest BCUT2D eigenvalue weighted by Gasteiger charge is 2.32. The van der Waals surface area contributed by atoms with Crippen molar-refractivity contribution in [2.24, 2.45) is 5.73 Å².